The van der Waals surface area contributed by atoms with Crippen LogP contribution in [0.5, 0.6) is 0 Å². The first kappa shape index (κ1) is 34.0. The van der Waals surface area contributed by atoms with Gasteiger partial charge in [-0.15, -0.1) is 11.3 Å². The van der Waals surface area contributed by atoms with Crippen molar-refractivity contribution in [3.05, 3.63) is 224 Å². The number of fused-ring (bicyclic) bond motifs is 5. The Bertz CT molecular complexity index is 3280. The highest BCUT2D eigenvalue weighted by Crippen LogP contribution is 2.46. The van der Waals surface area contributed by atoms with E-state index in [9.17, 15) is 0 Å². The lowest BCUT2D eigenvalue weighted by Crippen LogP contribution is -2.11. The van der Waals surface area contributed by atoms with Gasteiger partial charge in [-0.05, 0) is 97.4 Å². The number of hydrogen-bond acceptors (Lipinski definition) is 2. The molecule has 0 bridgehead atoms. The lowest BCUT2D eigenvalue weighted by molar-refractivity contribution is 1.28. The van der Waals surface area contributed by atoms with Crippen molar-refractivity contribution in [3.8, 4) is 44.5 Å². The number of rotatable bonds is 7. The van der Waals surface area contributed by atoms with Crippen molar-refractivity contribution in [1.82, 2.24) is 0 Å². The van der Waals surface area contributed by atoms with Gasteiger partial charge >= 0.3 is 0 Å². The van der Waals surface area contributed by atoms with E-state index in [1.807, 2.05) is 11.3 Å². The highest BCUT2D eigenvalue weighted by molar-refractivity contribution is 7.26. The van der Waals surface area contributed by atoms with Gasteiger partial charge in [-0.1, -0.05) is 182 Å². The Hall–Kier alpha value is -7.26. The van der Waals surface area contributed by atoms with Crippen molar-refractivity contribution in [2.24, 2.45) is 0 Å². The normalized spacial score (nSPS) is 11.4. The maximum absolute atomic E-state index is 2.43. The minimum absolute atomic E-state index is 1.10. The highest BCUT2D eigenvalue weighted by Gasteiger charge is 2.20. The molecule has 1 nitrogen and oxygen atoms in total. The molecule has 0 aliphatic heterocycles. The average Bonchev–Trinajstić information content (AvgIpc) is 3.69. The van der Waals surface area contributed by atoms with Gasteiger partial charge in [-0.3, -0.25) is 0 Å². The van der Waals surface area contributed by atoms with Crippen molar-refractivity contribution in [3.63, 3.8) is 0 Å². The van der Waals surface area contributed by atoms with Gasteiger partial charge in [0.05, 0.1) is 5.69 Å². The molecule has 1 heterocycles. The summed E-state index contributed by atoms with van der Waals surface area (Å²) in [5.74, 6) is 0. The summed E-state index contributed by atoms with van der Waals surface area (Å²) in [6.45, 7) is 0. The van der Waals surface area contributed by atoms with Gasteiger partial charge < -0.3 is 4.90 Å². The summed E-state index contributed by atoms with van der Waals surface area (Å²) in [4.78, 5) is 2.43. The first-order valence-electron chi connectivity index (χ1n) is 19.8. The van der Waals surface area contributed by atoms with Crippen LogP contribution in [0, 0.1) is 0 Å². The van der Waals surface area contributed by atoms with Crippen LogP contribution in [0.15, 0.2) is 224 Å². The Balaban J connectivity index is 1.03. The Morgan fingerprint density at radius 3 is 1.72 bits per heavy atom. The summed E-state index contributed by atoms with van der Waals surface area (Å²) in [6, 6.07) is 81.9. The van der Waals surface area contributed by atoms with E-state index in [1.165, 1.54) is 86.2 Å². The molecular weight excluding hydrogens is 719 g/mol. The summed E-state index contributed by atoms with van der Waals surface area (Å²) < 4.78 is 2.62. The number of para-hydroxylation sites is 1. The van der Waals surface area contributed by atoms with E-state index in [0.717, 1.165) is 17.1 Å². The van der Waals surface area contributed by atoms with E-state index in [0.29, 0.717) is 0 Å². The first-order chi connectivity index (χ1) is 28.7. The monoisotopic (exact) mass is 755 g/mol. The van der Waals surface area contributed by atoms with Gasteiger partial charge in [0.25, 0.3) is 0 Å². The van der Waals surface area contributed by atoms with E-state index < -0.39 is 0 Å². The zero-order chi connectivity index (χ0) is 38.4. The smallest absolute Gasteiger partial charge is 0.0540 e. The van der Waals surface area contributed by atoms with E-state index in [1.54, 1.807) is 0 Å². The van der Waals surface area contributed by atoms with Crippen molar-refractivity contribution >= 4 is 70.1 Å². The van der Waals surface area contributed by atoms with Crippen LogP contribution in [-0.4, -0.2) is 0 Å². The number of anilines is 3. The molecule has 0 atom stereocenters. The van der Waals surface area contributed by atoms with Crippen LogP contribution < -0.4 is 4.90 Å². The number of thiophene rings is 1. The quantitative estimate of drug-likeness (QED) is 0.157. The summed E-state index contributed by atoms with van der Waals surface area (Å²) in [7, 11) is 0. The standard InChI is InChI=1S/C56H37NS/c1-2-14-43-36-45(31-28-38(43)12-1)44-16-9-17-47(37-44)57(54-24-7-5-19-50(54)52-22-11-23-53-51-20-6-8-25-55(51)58-56(52)53)46-34-32-40(33-35-46)39-26-29-42(30-27-39)49-21-10-15-41-13-3-4-18-48(41)49/h1-37H. The Labute approximate surface area is 342 Å². The third-order valence-electron chi connectivity index (χ3n) is 11.5. The van der Waals surface area contributed by atoms with Gasteiger partial charge in [-0.2, -0.15) is 0 Å². The number of hydrogen-bond donors (Lipinski definition) is 0. The van der Waals surface area contributed by atoms with Gasteiger partial charge in [0, 0.05) is 42.7 Å². The van der Waals surface area contributed by atoms with Crippen LogP contribution in [0.2, 0.25) is 0 Å². The molecule has 11 aromatic rings. The molecule has 11 rings (SSSR count). The molecule has 272 valence electrons. The molecule has 0 fully saturated rings. The second-order valence-corrected chi connectivity index (χ2v) is 15.9. The van der Waals surface area contributed by atoms with Gasteiger partial charge in [0.1, 0.15) is 0 Å². The second-order valence-electron chi connectivity index (χ2n) is 14.9. The zero-order valence-electron chi connectivity index (χ0n) is 31.7. The molecular formula is C56H37NS. The molecule has 0 spiro atoms. The van der Waals surface area contributed by atoms with Gasteiger partial charge in [-0.25, -0.2) is 0 Å². The van der Waals surface area contributed by atoms with Gasteiger partial charge in [0.2, 0.25) is 0 Å². The molecule has 2 heteroatoms. The van der Waals surface area contributed by atoms with Crippen LogP contribution in [0.4, 0.5) is 17.1 Å². The highest BCUT2D eigenvalue weighted by atomic mass is 32.1. The van der Waals surface area contributed by atoms with Crippen LogP contribution >= 0.6 is 11.3 Å². The van der Waals surface area contributed by atoms with Crippen LogP contribution in [0.1, 0.15) is 0 Å². The SMILES string of the molecule is c1cc(-c2ccc3ccccc3c2)cc(N(c2ccc(-c3ccc(-c4cccc5ccccc45)cc3)cc2)c2ccccc2-c2cccc3c2sc2ccccc23)c1. The fourth-order valence-corrected chi connectivity index (χ4v) is 9.83. The van der Waals surface area contributed by atoms with E-state index in [4.69, 9.17) is 0 Å². The van der Waals surface area contributed by atoms with Crippen molar-refractivity contribution in [2.45, 2.75) is 0 Å². The molecule has 1 aromatic heterocycles. The van der Waals surface area contributed by atoms with Crippen molar-refractivity contribution in [2.75, 3.05) is 4.90 Å². The predicted molar refractivity (Wildman–Crippen MR) is 251 cm³/mol. The zero-order valence-corrected chi connectivity index (χ0v) is 32.5. The third kappa shape index (κ3) is 6.03. The molecule has 58 heavy (non-hydrogen) atoms. The van der Waals surface area contributed by atoms with E-state index >= 15 is 0 Å². The van der Waals surface area contributed by atoms with Gasteiger partial charge in [0.15, 0.2) is 0 Å². The van der Waals surface area contributed by atoms with Crippen LogP contribution in [0.25, 0.3) is 86.2 Å². The molecule has 0 radical (unpaired) electrons. The maximum Gasteiger partial charge on any atom is 0.0540 e. The topological polar surface area (TPSA) is 3.24 Å². The molecule has 0 unspecified atom stereocenters. The average molecular weight is 756 g/mol. The molecule has 10 aromatic carbocycles. The third-order valence-corrected chi connectivity index (χ3v) is 12.7. The minimum Gasteiger partial charge on any atom is -0.310 e. The van der Waals surface area contributed by atoms with E-state index in [2.05, 4.69) is 229 Å². The second kappa shape index (κ2) is 14.4. The molecule has 0 aliphatic rings. The summed E-state index contributed by atoms with van der Waals surface area (Å²) >= 11 is 1.88. The summed E-state index contributed by atoms with van der Waals surface area (Å²) in [5.41, 5.74) is 13.0. The van der Waals surface area contributed by atoms with Crippen LogP contribution in [0.3, 0.4) is 0 Å². The summed E-state index contributed by atoms with van der Waals surface area (Å²) in [6.07, 6.45) is 0. The fraction of sp³-hybridized carbons (Fsp3) is 0. The number of benzene rings is 10. The molecule has 0 N–H and O–H groups in total. The lowest BCUT2D eigenvalue weighted by atomic mass is 9.96. The minimum atomic E-state index is 1.10. The van der Waals surface area contributed by atoms with Crippen molar-refractivity contribution < 1.29 is 0 Å². The Kier molecular flexibility index (Phi) is 8.42. The Morgan fingerprint density at radius 2 is 0.862 bits per heavy atom. The molecule has 0 amide bonds. The number of nitrogens with zero attached hydrogens (tertiary/aromatic N) is 1. The largest absolute Gasteiger partial charge is 0.310 e. The van der Waals surface area contributed by atoms with Crippen LogP contribution in [-0.2, 0) is 0 Å². The Morgan fingerprint density at radius 1 is 0.293 bits per heavy atom. The lowest BCUT2D eigenvalue weighted by Gasteiger charge is -2.28. The molecule has 0 saturated carbocycles. The van der Waals surface area contributed by atoms with Crippen molar-refractivity contribution in [1.29, 1.82) is 0 Å². The summed E-state index contributed by atoms with van der Waals surface area (Å²) in [5, 5.41) is 7.63. The predicted octanol–water partition coefficient (Wildman–Crippen LogP) is 16.5. The fourth-order valence-electron chi connectivity index (χ4n) is 8.60. The molecule has 0 saturated heterocycles. The maximum atomic E-state index is 2.43. The van der Waals surface area contributed by atoms with E-state index in [-0.39, 0.29) is 0 Å². The first-order valence-corrected chi connectivity index (χ1v) is 20.6. The molecule has 0 aliphatic carbocycles.